The number of hydrogen-bond donors (Lipinski definition) is 2. The molecule has 1 saturated carbocycles. The summed E-state index contributed by atoms with van der Waals surface area (Å²) in [4.78, 5) is 7.06. The summed E-state index contributed by atoms with van der Waals surface area (Å²) in [5, 5.41) is 7.30. The molecule has 0 radical (unpaired) electrons. The Morgan fingerprint density at radius 3 is 2.83 bits per heavy atom. The molecule has 2 fully saturated rings. The lowest BCUT2D eigenvalue weighted by molar-refractivity contribution is 0.0396. The molecule has 2 unspecified atom stereocenters. The maximum absolute atomic E-state index is 6.50. The van der Waals surface area contributed by atoms with Crippen LogP contribution in [0.3, 0.4) is 0 Å². The molecular weight excluding hydrogens is 491 g/mol. The van der Waals surface area contributed by atoms with E-state index >= 15 is 0 Å². The van der Waals surface area contributed by atoms with Gasteiger partial charge in [-0.05, 0) is 51.1 Å². The smallest absolute Gasteiger partial charge is 0.191 e. The molecule has 6 nitrogen and oxygen atoms in total. The molecular formula is C23H37IN4O2. The van der Waals surface area contributed by atoms with Gasteiger partial charge in [0.05, 0.1) is 12.6 Å². The Bertz CT molecular complexity index is 708. The number of rotatable bonds is 6. The zero-order valence-electron chi connectivity index (χ0n) is 18.4. The van der Waals surface area contributed by atoms with Gasteiger partial charge in [-0.25, -0.2) is 0 Å². The molecule has 168 valence electrons. The third-order valence-electron chi connectivity index (χ3n) is 6.83. The summed E-state index contributed by atoms with van der Waals surface area (Å²) in [5.74, 6) is 1.92. The van der Waals surface area contributed by atoms with Crippen molar-refractivity contribution >= 4 is 29.9 Å². The van der Waals surface area contributed by atoms with Crippen molar-refractivity contribution in [1.82, 2.24) is 15.5 Å². The Labute approximate surface area is 198 Å². The molecule has 1 aromatic rings. The number of ether oxygens (including phenoxy) is 2. The molecule has 2 N–H and O–H groups in total. The van der Waals surface area contributed by atoms with Gasteiger partial charge in [-0.3, -0.25) is 9.89 Å². The lowest BCUT2D eigenvalue weighted by Crippen LogP contribution is -2.49. The summed E-state index contributed by atoms with van der Waals surface area (Å²) >= 11 is 0. The van der Waals surface area contributed by atoms with Gasteiger partial charge in [-0.2, -0.15) is 0 Å². The average molecular weight is 528 g/mol. The van der Waals surface area contributed by atoms with Crippen molar-refractivity contribution in [3.8, 4) is 5.75 Å². The standard InChI is InChI=1S/C23H36N4O2.HI/c1-24-22(25-17-18-8-7-13-27(18)14-15-28-2)26-20-16-23(11-5-6-12-23)29-21-10-4-3-9-19(20)21;/h3-4,9-10,18,20H,5-8,11-17H2,1-2H3,(H2,24,25,26);1H. The van der Waals surface area contributed by atoms with Crippen molar-refractivity contribution in [2.45, 2.75) is 62.6 Å². The zero-order chi connectivity index (χ0) is 20.1. The van der Waals surface area contributed by atoms with Crippen molar-refractivity contribution in [3.05, 3.63) is 29.8 Å². The van der Waals surface area contributed by atoms with Crippen LogP contribution in [-0.2, 0) is 4.74 Å². The molecule has 0 aromatic heterocycles. The highest BCUT2D eigenvalue weighted by Crippen LogP contribution is 2.46. The van der Waals surface area contributed by atoms with Crippen LogP contribution in [0.25, 0.3) is 0 Å². The van der Waals surface area contributed by atoms with Crippen LogP contribution in [0, 0.1) is 0 Å². The van der Waals surface area contributed by atoms with Crippen LogP contribution in [0.1, 0.15) is 56.6 Å². The van der Waals surface area contributed by atoms with Crippen LogP contribution >= 0.6 is 24.0 Å². The quantitative estimate of drug-likeness (QED) is 0.335. The fraction of sp³-hybridized carbons (Fsp3) is 0.696. The molecule has 1 spiro atoms. The van der Waals surface area contributed by atoms with Crippen LogP contribution < -0.4 is 15.4 Å². The summed E-state index contributed by atoms with van der Waals surface area (Å²) < 4.78 is 11.8. The molecule has 1 aromatic carbocycles. The molecule has 4 rings (SSSR count). The van der Waals surface area contributed by atoms with Crippen molar-refractivity contribution in [1.29, 1.82) is 0 Å². The molecule has 1 saturated heterocycles. The summed E-state index contributed by atoms with van der Waals surface area (Å²) in [6.45, 7) is 3.88. The molecule has 30 heavy (non-hydrogen) atoms. The highest BCUT2D eigenvalue weighted by Gasteiger charge is 2.43. The van der Waals surface area contributed by atoms with E-state index in [1.165, 1.54) is 31.2 Å². The van der Waals surface area contributed by atoms with Crippen LogP contribution in [0.4, 0.5) is 0 Å². The maximum Gasteiger partial charge on any atom is 0.191 e. The SMILES string of the molecule is CN=C(NCC1CCCN1CCOC)NC1CC2(CCCC2)Oc2ccccc21.I. The normalized spacial score (nSPS) is 25.5. The van der Waals surface area contributed by atoms with Gasteiger partial charge >= 0.3 is 0 Å². The topological polar surface area (TPSA) is 58.1 Å². The second-order valence-corrected chi connectivity index (χ2v) is 8.71. The number of nitrogens with zero attached hydrogens (tertiary/aromatic N) is 2. The van der Waals surface area contributed by atoms with Gasteiger partial charge in [-0.15, -0.1) is 24.0 Å². The largest absolute Gasteiger partial charge is 0.487 e. The fourth-order valence-corrected chi connectivity index (χ4v) is 5.28. The molecule has 2 atom stereocenters. The van der Waals surface area contributed by atoms with Gasteiger partial charge in [0.2, 0.25) is 0 Å². The molecule has 2 aliphatic heterocycles. The second-order valence-electron chi connectivity index (χ2n) is 8.71. The van der Waals surface area contributed by atoms with Crippen LogP contribution in [0.15, 0.2) is 29.3 Å². The molecule has 0 bridgehead atoms. The molecule has 7 heteroatoms. The number of fused-ring (bicyclic) bond motifs is 1. The van der Waals surface area contributed by atoms with E-state index in [4.69, 9.17) is 9.47 Å². The van der Waals surface area contributed by atoms with E-state index in [0.29, 0.717) is 6.04 Å². The maximum atomic E-state index is 6.50. The summed E-state index contributed by atoms with van der Waals surface area (Å²) in [7, 11) is 3.64. The minimum absolute atomic E-state index is 0. The summed E-state index contributed by atoms with van der Waals surface area (Å²) in [6, 6.07) is 9.26. The summed E-state index contributed by atoms with van der Waals surface area (Å²) in [5.41, 5.74) is 1.24. The van der Waals surface area contributed by atoms with E-state index in [9.17, 15) is 0 Å². The number of para-hydroxylation sites is 1. The monoisotopic (exact) mass is 528 g/mol. The van der Waals surface area contributed by atoms with Crippen LogP contribution in [-0.4, -0.2) is 62.9 Å². The Morgan fingerprint density at radius 2 is 2.07 bits per heavy atom. The second kappa shape index (κ2) is 11.0. The number of nitrogens with one attached hydrogen (secondary N) is 2. The van der Waals surface area contributed by atoms with Gasteiger partial charge in [-0.1, -0.05) is 18.2 Å². The molecule has 0 amide bonds. The van der Waals surface area contributed by atoms with Gasteiger partial charge in [0, 0.05) is 45.3 Å². The van der Waals surface area contributed by atoms with Gasteiger partial charge in [0.15, 0.2) is 5.96 Å². The van der Waals surface area contributed by atoms with E-state index in [0.717, 1.165) is 57.2 Å². The first kappa shape index (κ1) is 23.6. The Kier molecular flexibility index (Phi) is 8.65. The lowest BCUT2D eigenvalue weighted by atomic mass is 9.86. The fourth-order valence-electron chi connectivity index (χ4n) is 5.28. The highest BCUT2D eigenvalue weighted by atomic mass is 127. The minimum atomic E-state index is -0.00667. The van der Waals surface area contributed by atoms with Crippen molar-refractivity contribution in [2.75, 3.05) is 40.4 Å². The zero-order valence-corrected chi connectivity index (χ0v) is 20.7. The minimum Gasteiger partial charge on any atom is -0.487 e. The van der Waals surface area contributed by atoms with Crippen LogP contribution in [0.5, 0.6) is 5.75 Å². The van der Waals surface area contributed by atoms with Crippen molar-refractivity contribution < 1.29 is 9.47 Å². The van der Waals surface area contributed by atoms with Gasteiger partial charge in [0.1, 0.15) is 11.4 Å². The third kappa shape index (κ3) is 5.40. The number of methoxy groups -OCH3 is 1. The number of guanidine groups is 1. The molecule has 1 aliphatic carbocycles. The van der Waals surface area contributed by atoms with Crippen molar-refractivity contribution in [2.24, 2.45) is 4.99 Å². The third-order valence-corrected chi connectivity index (χ3v) is 6.83. The first-order chi connectivity index (χ1) is 14.2. The van der Waals surface area contributed by atoms with E-state index in [1.807, 2.05) is 7.05 Å². The predicted octanol–water partition coefficient (Wildman–Crippen LogP) is 3.72. The van der Waals surface area contributed by atoms with Crippen molar-refractivity contribution in [3.63, 3.8) is 0 Å². The Balaban J connectivity index is 0.00000256. The summed E-state index contributed by atoms with van der Waals surface area (Å²) in [6.07, 6.45) is 8.34. The lowest BCUT2D eigenvalue weighted by Gasteiger charge is -2.40. The number of halogens is 1. The number of hydrogen-bond acceptors (Lipinski definition) is 4. The van der Waals surface area contributed by atoms with E-state index in [2.05, 4.69) is 44.8 Å². The van der Waals surface area contributed by atoms with E-state index in [-0.39, 0.29) is 35.6 Å². The number of likely N-dealkylation sites (tertiary alicyclic amines) is 1. The molecule has 2 heterocycles. The van der Waals surface area contributed by atoms with E-state index in [1.54, 1.807) is 7.11 Å². The van der Waals surface area contributed by atoms with Gasteiger partial charge < -0.3 is 20.1 Å². The van der Waals surface area contributed by atoms with E-state index < -0.39 is 0 Å². The first-order valence-electron chi connectivity index (χ1n) is 11.2. The Morgan fingerprint density at radius 1 is 1.27 bits per heavy atom. The van der Waals surface area contributed by atoms with Gasteiger partial charge in [0.25, 0.3) is 0 Å². The number of aliphatic imine (C=N–C) groups is 1. The highest BCUT2D eigenvalue weighted by molar-refractivity contribution is 14.0. The number of benzene rings is 1. The molecule has 3 aliphatic rings. The first-order valence-corrected chi connectivity index (χ1v) is 11.2. The Hall–Kier alpha value is -1.06. The van der Waals surface area contributed by atoms with Crippen LogP contribution in [0.2, 0.25) is 0 Å². The predicted molar refractivity (Wildman–Crippen MR) is 132 cm³/mol. The average Bonchev–Trinajstić information content (AvgIpc) is 3.38.